The first kappa shape index (κ1) is 17.2. The Labute approximate surface area is 139 Å². The number of nitrogens with one attached hydrogen (secondary N) is 2. The molecular weight excluding hydrogens is 314 g/mol. The molecule has 0 unspecified atom stereocenters. The minimum Gasteiger partial charge on any atom is -0.496 e. The first-order valence-electron chi connectivity index (χ1n) is 7.15. The predicted molar refractivity (Wildman–Crippen MR) is 91.1 cm³/mol. The van der Waals surface area contributed by atoms with Crippen LogP contribution in [0.5, 0.6) is 5.75 Å². The van der Waals surface area contributed by atoms with E-state index in [1.54, 1.807) is 7.11 Å². The van der Waals surface area contributed by atoms with Crippen molar-refractivity contribution in [2.45, 2.75) is 13.0 Å². The Bertz CT molecular complexity index is 659. The van der Waals surface area contributed by atoms with Gasteiger partial charge in [0.1, 0.15) is 10.8 Å². The van der Waals surface area contributed by atoms with Crippen molar-refractivity contribution in [3.63, 3.8) is 0 Å². The van der Waals surface area contributed by atoms with Gasteiger partial charge in [-0.2, -0.15) is 0 Å². The molecule has 23 heavy (non-hydrogen) atoms. The number of benzene rings is 1. The van der Waals surface area contributed by atoms with E-state index < -0.39 is 0 Å². The van der Waals surface area contributed by atoms with Crippen LogP contribution in [0, 0.1) is 6.92 Å². The summed E-state index contributed by atoms with van der Waals surface area (Å²) < 4.78 is 5.41. The lowest BCUT2D eigenvalue weighted by atomic mass is 10.0. The van der Waals surface area contributed by atoms with Crippen molar-refractivity contribution < 1.29 is 9.53 Å². The van der Waals surface area contributed by atoms with Gasteiger partial charge < -0.3 is 15.0 Å². The Morgan fingerprint density at radius 1 is 1.35 bits per heavy atom. The molecule has 1 atom stereocenters. The van der Waals surface area contributed by atoms with Gasteiger partial charge in [-0.25, -0.2) is 4.79 Å². The number of urea groups is 1. The van der Waals surface area contributed by atoms with E-state index in [-0.39, 0.29) is 12.1 Å². The lowest BCUT2D eigenvalue weighted by Crippen LogP contribution is -2.37. The molecule has 1 aromatic heterocycles. The van der Waals surface area contributed by atoms with E-state index in [4.69, 9.17) is 4.74 Å². The fourth-order valence-electron chi connectivity index (χ4n) is 2.19. The summed E-state index contributed by atoms with van der Waals surface area (Å²) in [4.78, 5) is 14.0. The Hall–Kier alpha value is -2.19. The molecule has 0 saturated heterocycles. The van der Waals surface area contributed by atoms with Crippen LogP contribution in [0.1, 0.15) is 16.6 Å². The molecule has 2 amide bonds. The minimum atomic E-state index is -0.303. The monoisotopic (exact) mass is 335 g/mol. The van der Waals surface area contributed by atoms with Crippen molar-refractivity contribution in [3.05, 3.63) is 34.8 Å². The van der Waals surface area contributed by atoms with E-state index in [9.17, 15) is 4.79 Å². The molecule has 2 aromatic rings. The number of amides is 2. The molecule has 0 aliphatic rings. The molecule has 7 nitrogen and oxygen atoms in total. The molecule has 1 heterocycles. The Balaban J connectivity index is 2.01. The van der Waals surface area contributed by atoms with E-state index >= 15 is 0 Å². The van der Waals surface area contributed by atoms with Crippen LogP contribution >= 0.6 is 11.3 Å². The molecule has 0 fully saturated rings. The van der Waals surface area contributed by atoms with E-state index in [1.807, 2.05) is 50.2 Å². The van der Waals surface area contributed by atoms with Gasteiger partial charge in [0.15, 0.2) is 0 Å². The van der Waals surface area contributed by atoms with Gasteiger partial charge >= 0.3 is 6.03 Å². The lowest BCUT2D eigenvalue weighted by molar-refractivity contribution is 0.242. The fourth-order valence-corrected chi connectivity index (χ4v) is 2.78. The number of aromatic nitrogens is 2. The molecule has 0 bridgehead atoms. The highest BCUT2D eigenvalue weighted by Crippen LogP contribution is 2.27. The number of aryl methyl sites for hydroxylation is 1. The molecule has 0 saturated carbocycles. The molecule has 0 aliphatic heterocycles. The first-order valence-corrected chi connectivity index (χ1v) is 7.97. The summed E-state index contributed by atoms with van der Waals surface area (Å²) in [5, 5.41) is 14.6. The standard InChI is InChI=1S/C15H21N5O2S/c1-10-18-19-15(23-10)17-14(21)16-9-12(20(2)3)11-7-5-6-8-13(11)22-4/h5-8,12H,9H2,1-4H3,(H2,16,17,19,21)/t12-/m0/s1. The summed E-state index contributed by atoms with van der Waals surface area (Å²) in [7, 11) is 5.57. The van der Waals surface area contributed by atoms with Crippen LogP contribution in [0.4, 0.5) is 9.93 Å². The van der Waals surface area contributed by atoms with Gasteiger partial charge in [0.05, 0.1) is 13.2 Å². The van der Waals surface area contributed by atoms with Crippen LogP contribution in [-0.2, 0) is 0 Å². The summed E-state index contributed by atoms with van der Waals surface area (Å²) in [5.41, 5.74) is 1.02. The van der Waals surface area contributed by atoms with E-state index in [2.05, 4.69) is 20.8 Å². The zero-order valence-electron chi connectivity index (χ0n) is 13.7. The normalized spacial score (nSPS) is 12.0. The average Bonchev–Trinajstić information content (AvgIpc) is 2.92. The second-order valence-electron chi connectivity index (χ2n) is 5.18. The number of methoxy groups -OCH3 is 1. The molecule has 2 N–H and O–H groups in total. The lowest BCUT2D eigenvalue weighted by Gasteiger charge is -2.26. The second-order valence-corrected chi connectivity index (χ2v) is 6.36. The van der Waals surface area contributed by atoms with Crippen molar-refractivity contribution in [1.82, 2.24) is 20.4 Å². The van der Waals surface area contributed by atoms with Gasteiger partial charge in [0.2, 0.25) is 5.13 Å². The summed E-state index contributed by atoms with van der Waals surface area (Å²) in [5.74, 6) is 0.799. The zero-order valence-corrected chi connectivity index (χ0v) is 14.5. The van der Waals surface area contributed by atoms with Gasteiger partial charge in [-0.1, -0.05) is 29.5 Å². The van der Waals surface area contributed by atoms with Crippen LogP contribution in [0.15, 0.2) is 24.3 Å². The number of hydrogen-bond acceptors (Lipinski definition) is 6. The Kier molecular flexibility index (Phi) is 5.89. The van der Waals surface area contributed by atoms with Crippen molar-refractivity contribution in [1.29, 1.82) is 0 Å². The number of anilines is 1. The van der Waals surface area contributed by atoms with Crippen LogP contribution < -0.4 is 15.4 Å². The van der Waals surface area contributed by atoms with Gasteiger partial charge in [-0.3, -0.25) is 5.32 Å². The van der Waals surface area contributed by atoms with Gasteiger partial charge in [0, 0.05) is 12.1 Å². The minimum absolute atomic E-state index is 0.00643. The number of nitrogens with zero attached hydrogens (tertiary/aromatic N) is 3. The third kappa shape index (κ3) is 4.64. The summed E-state index contributed by atoms with van der Waals surface area (Å²) >= 11 is 1.33. The number of ether oxygens (including phenoxy) is 1. The van der Waals surface area contributed by atoms with Crippen molar-refractivity contribution in [3.8, 4) is 5.75 Å². The maximum atomic E-state index is 12.0. The maximum absolute atomic E-state index is 12.0. The highest BCUT2D eigenvalue weighted by atomic mass is 32.1. The SMILES string of the molecule is COc1ccccc1[C@H](CNC(=O)Nc1nnc(C)s1)N(C)C. The zero-order chi connectivity index (χ0) is 16.8. The number of hydrogen-bond donors (Lipinski definition) is 2. The smallest absolute Gasteiger partial charge is 0.321 e. The average molecular weight is 335 g/mol. The maximum Gasteiger partial charge on any atom is 0.321 e. The second kappa shape index (κ2) is 7.89. The quantitative estimate of drug-likeness (QED) is 0.847. The molecule has 8 heteroatoms. The van der Waals surface area contributed by atoms with Crippen LogP contribution in [0.25, 0.3) is 0 Å². The summed E-state index contributed by atoms with van der Waals surface area (Å²) in [6.07, 6.45) is 0. The first-order chi connectivity index (χ1) is 11.0. The summed E-state index contributed by atoms with van der Waals surface area (Å²) in [6, 6.07) is 7.48. The molecule has 1 aromatic carbocycles. The van der Waals surface area contributed by atoms with E-state index in [0.717, 1.165) is 16.3 Å². The predicted octanol–water partition coefficient (Wildman–Crippen LogP) is 2.28. The Morgan fingerprint density at radius 2 is 2.09 bits per heavy atom. The molecular formula is C15H21N5O2S. The van der Waals surface area contributed by atoms with Crippen LogP contribution in [0.3, 0.4) is 0 Å². The molecule has 0 radical (unpaired) electrons. The van der Waals surface area contributed by atoms with Crippen LogP contribution in [0.2, 0.25) is 0 Å². The van der Waals surface area contributed by atoms with Gasteiger partial charge in [0.25, 0.3) is 0 Å². The van der Waals surface area contributed by atoms with Crippen molar-refractivity contribution in [2.75, 3.05) is 33.1 Å². The highest BCUT2D eigenvalue weighted by molar-refractivity contribution is 7.15. The van der Waals surface area contributed by atoms with Crippen molar-refractivity contribution >= 4 is 22.5 Å². The Morgan fingerprint density at radius 3 is 2.70 bits per heavy atom. The van der Waals surface area contributed by atoms with Crippen molar-refractivity contribution in [2.24, 2.45) is 0 Å². The topological polar surface area (TPSA) is 79.4 Å². The number of likely N-dealkylation sites (N-methyl/N-ethyl adjacent to an activating group) is 1. The largest absolute Gasteiger partial charge is 0.496 e. The van der Waals surface area contributed by atoms with E-state index in [0.29, 0.717) is 11.7 Å². The number of carbonyl (C=O) groups excluding carboxylic acids is 1. The number of rotatable bonds is 6. The number of carbonyl (C=O) groups is 1. The highest BCUT2D eigenvalue weighted by Gasteiger charge is 2.19. The van der Waals surface area contributed by atoms with Crippen LogP contribution in [-0.4, -0.2) is 48.9 Å². The van der Waals surface area contributed by atoms with Gasteiger partial charge in [-0.05, 0) is 27.1 Å². The third-order valence-electron chi connectivity index (χ3n) is 3.32. The fraction of sp³-hybridized carbons (Fsp3) is 0.400. The molecule has 0 spiro atoms. The van der Waals surface area contributed by atoms with E-state index in [1.165, 1.54) is 11.3 Å². The molecule has 2 rings (SSSR count). The third-order valence-corrected chi connectivity index (χ3v) is 4.08. The molecule has 124 valence electrons. The number of para-hydroxylation sites is 1. The molecule has 0 aliphatic carbocycles. The van der Waals surface area contributed by atoms with Gasteiger partial charge in [-0.15, -0.1) is 10.2 Å². The summed E-state index contributed by atoms with van der Waals surface area (Å²) in [6.45, 7) is 2.28.